The summed E-state index contributed by atoms with van der Waals surface area (Å²) in [5.74, 6) is 0.913. The summed E-state index contributed by atoms with van der Waals surface area (Å²) in [6.45, 7) is 11.2. The van der Waals surface area contributed by atoms with E-state index < -0.39 is 0 Å². The molecule has 0 saturated carbocycles. The minimum atomic E-state index is 0.0744. The van der Waals surface area contributed by atoms with Crippen molar-refractivity contribution in [1.82, 2.24) is 4.98 Å². The number of hydrogen-bond donors (Lipinski definition) is 1. The fourth-order valence-corrected chi connectivity index (χ4v) is 3.07. The average molecular weight is 286 g/mol. The van der Waals surface area contributed by atoms with Crippen LogP contribution in [0.4, 0.5) is 5.13 Å². The number of aliphatic hydroxyl groups excluding tert-OH is 1. The Morgan fingerprint density at radius 2 is 2.00 bits per heavy atom. The minimum Gasteiger partial charge on any atom is -0.391 e. The first kappa shape index (κ1) is 16.4. The molecule has 19 heavy (non-hydrogen) atoms. The van der Waals surface area contributed by atoms with Gasteiger partial charge in [-0.2, -0.15) is 0 Å². The van der Waals surface area contributed by atoms with E-state index in [4.69, 9.17) is 9.72 Å². The molecule has 1 N–H and O–H groups in total. The summed E-state index contributed by atoms with van der Waals surface area (Å²) in [6, 6.07) is 0. The number of ether oxygens (including phenoxy) is 1. The van der Waals surface area contributed by atoms with Gasteiger partial charge in [0.25, 0.3) is 0 Å². The van der Waals surface area contributed by atoms with Gasteiger partial charge in [0.15, 0.2) is 5.13 Å². The highest BCUT2D eigenvalue weighted by molar-refractivity contribution is 7.15. The largest absolute Gasteiger partial charge is 0.391 e. The molecule has 0 aliphatic rings. The van der Waals surface area contributed by atoms with Gasteiger partial charge in [-0.3, -0.25) is 0 Å². The summed E-state index contributed by atoms with van der Waals surface area (Å²) in [4.78, 5) is 7.95. The van der Waals surface area contributed by atoms with E-state index in [1.165, 1.54) is 0 Å². The van der Waals surface area contributed by atoms with E-state index in [0.29, 0.717) is 18.4 Å². The highest BCUT2D eigenvalue weighted by Crippen LogP contribution is 2.31. The molecule has 0 atom stereocenters. The van der Waals surface area contributed by atoms with Gasteiger partial charge in [0, 0.05) is 20.2 Å². The summed E-state index contributed by atoms with van der Waals surface area (Å²) in [5, 5.41) is 10.4. The molecular weight excluding hydrogens is 260 g/mol. The molecule has 1 rings (SSSR count). The molecule has 5 heteroatoms. The molecule has 0 saturated heterocycles. The van der Waals surface area contributed by atoms with E-state index in [9.17, 15) is 5.11 Å². The Morgan fingerprint density at radius 3 is 2.42 bits per heavy atom. The molecule has 0 radical (unpaired) electrons. The zero-order valence-corrected chi connectivity index (χ0v) is 13.5. The average Bonchev–Trinajstić information content (AvgIpc) is 2.78. The number of rotatable bonds is 8. The summed E-state index contributed by atoms with van der Waals surface area (Å²) < 4.78 is 5.17. The first-order valence-corrected chi connectivity index (χ1v) is 7.65. The molecule has 0 aliphatic carbocycles. The van der Waals surface area contributed by atoms with Gasteiger partial charge in [0.2, 0.25) is 0 Å². The monoisotopic (exact) mass is 286 g/mol. The highest BCUT2D eigenvalue weighted by Gasteiger charge is 2.18. The molecule has 1 aromatic heterocycles. The van der Waals surface area contributed by atoms with E-state index in [1.54, 1.807) is 18.4 Å². The van der Waals surface area contributed by atoms with Crippen molar-refractivity contribution >= 4 is 16.5 Å². The molecular formula is C14H26N2O2S. The van der Waals surface area contributed by atoms with Gasteiger partial charge in [-0.1, -0.05) is 39.0 Å². The second kappa shape index (κ2) is 7.82. The number of hydrogen-bond acceptors (Lipinski definition) is 5. The van der Waals surface area contributed by atoms with Crippen LogP contribution in [0.15, 0.2) is 0 Å². The Hall–Kier alpha value is -0.650. The van der Waals surface area contributed by atoms with Crippen LogP contribution in [0.2, 0.25) is 0 Å². The maximum absolute atomic E-state index is 9.45. The summed E-state index contributed by atoms with van der Waals surface area (Å²) in [5.41, 5.74) is 1.02. The van der Waals surface area contributed by atoms with Gasteiger partial charge in [-0.15, -0.1) is 0 Å². The molecule has 0 aliphatic heterocycles. The summed E-state index contributed by atoms with van der Waals surface area (Å²) >= 11 is 1.60. The van der Waals surface area contributed by atoms with Crippen LogP contribution in [-0.2, 0) is 11.3 Å². The van der Waals surface area contributed by atoms with Gasteiger partial charge >= 0.3 is 0 Å². The lowest BCUT2D eigenvalue weighted by atomic mass is 10.1. The van der Waals surface area contributed by atoms with Crippen molar-refractivity contribution in [2.75, 3.05) is 31.7 Å². The van der Waals surface area contributed by atoms with Crippen LogP contribution in [0.25, 0.3) is 0 Å². The van der Waals surface area contributed by atoms with Crippen molar-refractivity contribution in [3.05, 3.63) is 10.6 Å². The Bertz CT molecular complexity index is 378. The lowest BCUT2D eigenvalue weighted by Crippen LogP contribution is -2.30. The number of thiazole rings is 1. The second-order valence-corrected chi connectivity index (χ2v) is 6.51. The van der Waals surface area contributed by atoms with Crippen LogP contribution < -0.4 is 4.90 Å². The van der Waals surface area contributed by atoms with Crippen LogP contribution in [0, 0.1) is 5.92 Å². The number of methoxy groups -OCH3 is 1. The van der Waals surface area contributed by atoms with E-state index >= 15 is 0 Å². The number of nitrogens with zero attached hydrogens (tertiary/aromatic N) is 2. The molecule has 1 aromatic rings. The number of aromatic nitrogens is 1. The van der Waals surface area contributed by atoms with Crippen molar-refractivity contribution in [3.8, 4) is 0 Å². The third-order valence-corrected chi connectivity index (χ3v) is 3.94. The predicted octanol–water partition coefficient (Wildman–Crippen LogP) is 2.87. The zero-order chi connectivity index (χ0) is 14.4. The fourth-order valence-electron chi connectivity index (χ4n) is 1.96. The molecule has 4 nitrogen and oxygen atoms in total. The SMILES string of the molecule is COCCN(CC(C)C)c1nc(C(C)C)c(CO)s1. The predicted molar refractivity (Wildman–Crippen MR) is 81.1 cm³/mol. The van der Waals surface area contributed by atoms with Gasteiger partial charge in [-0.05, 0) is 11.8 Å². The highest BCUT2D eigenvalue weighted by atomic mass is 32.1. The van der Waals surface area contributed by atoms with E-state index in [1.807, 2.05) is 0 Å². The van der Waals surface area contributed by atoms with Crippen LogP contribution in [0.5, 0.6) is 0 Å². The summed E-state index contributed by atoms with van der Waals surface area (Å²) in [7, 11) is 1.72. The van der Waals surface area contributed by atoms with E-state index in [2.05, 4.69) is 32.6 Å². The molecule has 0 aromatic carbocycles. The topological polar surface area (TPSA) is 45.6 Å². The van der Waals surface area contributed by atoms with Gasteiger partial charge in [0.05, 0.1) is 23.8 Å². The zero-order valence-electron chi connectivity index (χ0n) is 12.6. The Morgan fingerprint density at radius 1 is 1.32 bits per heavy atom. The molecule has 0 spiro atoms. The Balaban J connectivity index is 2.94. The standard InChI is InChI=1S/C14H26N2O2S/c1-10(2)8-16(6-7-18-5)14-15-13(11(3)4)12(9-17)19-14/h10-11,17H,6-9H2,1-5H3. The van der Waals surface area contributed by atoms with Crippen LogP contribution >= 0.6 is 11.3 Å². The summed E-state index contributed by atoms with van der Waals surface area (Å²) in [6.07, 6.45) is 0. The Labute approximate surface area is 120 Å². The minimum absolute atomic E-state index is 0.0744. The van der Waals surface area contributed by atoms with E-state index in [0.717, 1.165) is 28.8 Å². The van der Waals surface area contributed by atoms with Gasteiger partial charge in [0.1, 0.15) is 0 Å². The maximum atomic E-state index is 9.45. The van der Waals surface area contributed by atoms with Crippen LogP contribution in [0.1, 0.15) is 44.2 Å². The fraction of sp³-hybridized carbons (Fsp3) is 0.786. The molecule has 0 bridgehead atoms. The first-order chi connectivity index (χ1) is 8.99. The third kappa shape index (κ3) is 4.75. The molecule has 110 valence electrons. The first-order valence-electron chi connectivity index (χ1n) is 6.83. The van der Waals surface area contributed by atoms with Crippen molar-refractivity contribution in [3.63, 3.8) is 0 Å². The normalized spacial score (nSPS) is 11.6. The van der Waals surface area contributed by atoms with Crippen molar-refractivity contribution in [2.45, 2.75) is 40.2 Å². The van der Waals surface area contributed by atoms with E-state index in [-0.39, 0.29) is 6.61 Å². The molecule has 1 heterocycles. The quantitative estimate of drug-likeness (QED) is 0.798. The lowest BCUT2D eigenvalue weighted by Gasteiger charge is -2.23. The van der Waals surface area contributed by atoms with Crippen LogP contribution in [0.3, 0.4) is 0 Å². The van der Waals surface area contributed by atoms with Gasteiger partial charge in [-0.25, -0.2) is 4.98 Å². The Kier molecular flexibility index (Phi) is 6.75. The van der Waals surface area contributed by atoms with Crippen molar-refractivity contribution < 1.29 is 9.84 Å². The maximum Gasteiger partial charge on any atom is 0.185 e. The smallest absolute Gasteiger partial charge is 0.185 e. The second-order valence-electron chi connectivity index (χ2n) is 5.45. The molecule has 0 amide bonds. The molecule has 0 unspecified atom stereocenters. The van der Waals surface area contributed by atoms with Gasteiger partial charge < -0.3 is 14.7 Å². The van der Waals surface area contributed by atoms with Crippen LogP contribution in [-0.4, -0.2) is 36.9 Å². The third-order valence-electron chi connectivity index (χ3n) is 2.83. The van der Waals surface area contributed by atoms with Crippen molar-refractivity contribution in [1.29, 1.82) is 0 Å². The number of anilines is 1. The molecule has 0 fully saturated rings. The number of aliphatic hydroxyl groups is 1. The van der Waals surface area contributed by atoms with Crippen molar-refractivity contribution in [2.24, 2.45) is 5.92 Å². The lowest BCUT2D eigenvalue weighted by molar-refractivity contribution is 0.204.